The van der Waals surface area contributed by atoms with E-state index in [1.807, 2.05) is 31.2 Å². The van der Waals surface area contributed by atoms with Crippen molar-refractivity contribution in [2.75, 3.05) is 7.11 Å². The number of amides is 1. The highest BCUT2D eigenvalue weighted by Gasteiger charge is 2.14. The number of carbonyl (C=O) groups excluding carboxylic acids is 1. The van der Waals surface area contributed by atoms with E-state index in [0.29, 0.717) is 18.1 Å². The van der Waals surface area contributed by atoms with Crippen molar-refractivity contribution in [3.05, 3.63) is 53.3 Å². The van der Waals surface area contributed by atoms with E-state index in [9.17, 15) is 4.79 Å². The lowest BCUT2D eigenvalue weighted by atomic mass is 10.1. The number of hydrogen-bond acceptors (Lipinski definition) is 4. The van der Waals surface area contributed by atoms with Crippen LogP contribution in [-0.4, -0.2) is 28.2 Å². The summed E-state index contributed by atoms with van der Waals surface area (Å²) in [4.78, 5) is 16.4. The van der Waals surface area contributed by atoms with Crippen molar-refractivity contribution in [3.8, 4) is 5.88 Å². The summed E-state index contributed by atoms with van der Waals surface area (Å²) in [5, 5.41) is 10.7. The highest BCUT2D eigenvalue weighted by molar-refractivity contribution is 6.04. The van der Waals surface area contributed by atoms with Crippen LogP contribution in [-0.2, 0) is 6.54 Å². The first kappa shape index (κ1) is 14.1. The maximum absolute atomic E-state index is 12.3. The number of fused-ring (bicyclic) bond motifs is 1. The van der Waals surface area contributed by atoms with E-state index in [-0.39, 0.29) is 5.91 Å². The Labute approximate surface area is 127 Å². The zero-order valence-corrected chi connectivity index (χ0v) is 12.4. The fourth-order valence-corrected chi connectivity index (χ4v) is 2.24. The molecule has 3 rings (SSSR count). The summed E-state index contributed by atoms with van der Waals surface area (Å²) < 4.78 is 5.06. The predicted octanol–water partition coefficient (Wildman–Crippen LogP) is 2.20. The van der Waals surface area contributed by atoms with E-state index < -0.39 is 0 Å². The van der Waals surface area contributed by atoms with Crippen LogP contribution < -0.4 is 10.1 Å². The summed E-state index contributed by atoms with van der Waals surface area (Å²) in [6.45, 7) is 2.37. The zero-order chi connectivity index (χ0) is 15.5. The molecule has 1 amide bonds. The summed E-state index contributed by atoms with van der Waals surface area (Å²) in [6.07, 6.45) is 1.65. The van der Waals surface area contributed by atoms with Gasteiger partial charge in [0.1, 0.15) is 0 Å². The number of benzene rings is 1. The number of nitrogens with zero attached hydrogens (tertiary/aromatic N) is 2. The maximum Gasteiger partial charge on any atom is 0.272 e. The van der Waals surface area contributed by atoms with Gasteiger partial charge in [-0.2, -0.15) is 5.10 Å². The summed E-state index contributed by atoms with van der Waals surface area (Å²) >= 11 is 0. The fourth-order valence-electron chi connectivity index (χ4n) is 2.24. The molecular weight excluding hydrogens is 280 g/mol. The van der Waals surface area contributed by atoms with Crippen LogP contribution in [0.3, 0.4) is 0 Å². The smallest absolute Gasteiger partial charge is 0.272 e. The lowest BCUT2D eigenvalue weighted by Gasteiger charge is -2.05. The summed E-state index contributed by atoms with van der Waals surface area (Å²) in [5.74, 6) is 0.306. The third-order valence-electron chi connectivity index (χ3n) is 3.39. The highest BCUT2D eigenvalue weighted by atomic mass is 16.5. The Morgan fingerprint density at radius 2 is 2.18 bits per heavy atom. The van der Waals surface area contributed by atoms with Crippen molar-refractivity contribution < 1.29 is 9.53 Å². The van der Waals surface area contributed by atoms with Crippen LogP contribution in [0.5, 0.6) is 5.88 Å². The van der Waals surface area contributed by atoms with E-state index >= 15 is 0 Å². The number of carbonyl (C=O) groups is 1. The van der Waals surface area contributed by atoms with E-state index in [1.165, 1.54) is 0 Å². The standard InChI is InChI=1S/C16H16N4O2/c1-10-3-4-13-12(7-10)15(20-19-13)16(21)18-9-11-5-6-17-14(8-11)22-2/h3-8H,9H2,1-2H3,(H,18,21)(H,19,20). The molecule has 0 atom stereocenters. The van der Waals surface area contributed by atoms with Gasteiger partial charge in [0.15, 0.2) is 5.69 Å². The van der Waals surface area contributed by atoms with E-state index in [4.69, 9.17) is 4.74 Å². The molecule has 0 bridgehead atoms. The molecule has 22 heavy (non-hydrogen) atoms. The van der Waals surface area contributed by atoms with Gasteiger partial charge in [0.05, 0.1) is 12.6 Å². The number of pyridine rings is 1. The first-order valence-corrected chi connectivity index (χ1v) is 6.89. The monoisotopic (exact) mass is 296 g/mol. The maximum atomic E-state index is 12.3. The number of aromatic nitrogens is 3. The lowest BCUT2D eigenvalue weighted by Crippen LogP contribution is -2.23. The van der Waals surface area contributed by atoms with E-state index in [2.05, 4.69) is 20.5 Å². The Balaban J connectivity index is 1.77. The van der Waals surface area contributed by atoms with Crippen LogP contribution in [0.4, 0.5) is 0 Å². The molecule has 2 aromatic heterocycles. The normalized spacial score (nSPS) is 10.6. The second-order valence-corrected chi connectivity index (χ2v) is 5.01. The third-order valence-corrected chi connectivity index (χ3v) is 3.39. The highest BCUT2D eigenvalue weighted by Crippen LogP contribution is 2.17. The van der Waals surface area contributed by atoms with Crippen molar-refractivity contribution in [1.29, 1.82) is 0 Å². The van der Waals surface area contributed by atoms with Gasteiger partial charge in [-0.05, 0) is 30.7 Å². The zero-order valence-electron chi connectivity index (χ0n) is 12.4. The fraction of sp³-hybridized carbons (Fsp3) is 0.188. The van der Waals surface area contributed by atoms with Crippen LogP contribution in [0.25, 0.3) is 10.9 Å². The molecule has 0 radical (unpaired) electrons. The van der Waals surface area contributed by atoms with Gasteiger partial charge in [0.2, 0.25) is 5.88 Å². The van der Waals surface area contributed by atoms with Crippen LogP contribution in [0.2, 0.25) is 0 Å². The summed E-state index contributed by atoms with van der Waals surface area (Å²) in [6, 6.07) is 9.46. The molecular formula is C16H16N4O2. The molecule has 0 saturated carbocycles. The molecule has 0 fully saturated rings. The van der Waals surface area contributed by atoms with Gasteiger partial charge >= 0.3 is 0 Å². The molecule has 3 aromatic rings. The van der Waals surface area contributed by atoms with Gasteiger partial charge in [-0.3, -0.25) is 9.89 Å². The number of rotatable bonds is 4. The number of H-pyrrole nitrogens is 1. The molecule has 0 aliphatic carbocycles. The van der Waals surface area contributed by atoms with Crippen LogP contribution >= 0.6 is 0 Å². The van der Waals surface area contributed by atoms with Crippen LogP contribution in [0, 0.1) is 6.92 Å². The second kappa shape index (κ2) is 5.85. The van der Waals surface area contributed by atoms with Gasteiger partial charge in [-0.25, -0.2) is 4.98 Å². The van der Waals surface area contributed by atoms with Crippen molar-refractivity contribution in [2.45, 2.75) is 13.5 Å². The molecule has 1 aromatic carbocycles. The molecule has 0 aliphatic rings. The number of aryl methyl sites for hydroxylation is 1. The SMILES string of the molecule is COc1cc(CNC(=O)c2n[nH]c3ccc(C)cc23)ccn1. The largest absolute Gasteiger partial charge is 0.481 e. The van der Waals surface area contributed by atoms with Crippen molar-refractivity contribution in [1.82, 2.24) is 20.5 Å². The first-order valence-electron chi connectivity index (χ1n) is 6.89. The van der Waals surface area contributed by atoms with Crippen LogP contribution in [0.1, 0.15) is 21.6 Å². The minimum absolute atomic E-state index is 0.215. The van der Waals surface area contributed by atoms with Crippen molar-refractivity contribution >= 4 is 16.8 Å². The molecule has 0 unspecified atom stereocenters. The molecule has 0 aliphatic heterocycles. The predicted molar refractivity (Wildman–Crippen MR) is 82.8 cm³/mol. The third kappa shape index (κ3) is 2.76. The molecule has 2 heterocycles. The van der Waals surface area contributed by atoms with Crippen molar-refractivity contribution in [3.63, 3.8) is 0 Å². The Bertz CT molecular complexity index is 826. The number of hydrogen-bond donors (Lipinski definition) is 2. The minimum Gasteiger partial charge on any atom is -0.481 e. The molecule has 0 spiro atoms. The van der Waals surface area contributed by atoms with Gasteiger partial charge in [0, 0.05) is 24.2 Å². The Morgan fingerprint density at radius 3 is 3.00 bits per heavy atom. The quantitative estimate of drug-likeness (QED) is 0.773. The average Bonchev–Trinajstić information content (AvgIpc) is 2.96. The lowest BCUT2D eigenvalue weighted by molar-refractivity contribution is 0.0947. The Kier molecular flexibility index (Phi) is 3.74. The van der Waals surface area contributed by atoms with Gasteiger partial charge in [-0.1, -0.05) is 11.6 Å². The topological polar surface area (TPSA) is 79.9 Å². The Hall–Kier alpha value is -2.89. The molecule has 6 heteroatoms. The first-order chi connectivity index (χ1) is 10.7. The molecule has 2 N–H and O–H groups in total. The van der Waals surface area contributed by atoms with E-state index in [1.54, 1.807) is 19.4 Å². The summed E-state index contributed by atoms with van der Waals surface area (Å²) in [5.41, 5.74) is 3.25. The second-order valence-electron chi connectivity index (χ2n) is 5.01. The number of methoxy groups -OCH3 is 1. The molecule has 112 valence electrons. The van der Waals surface area contributed by atoms with E-state index in [0.717, 1.165) is 22.0 Å². The van der Waals surface area contributed by atoms with Gasteiger partial charge in [0.25, 0.3) is 5.91 Å². The van der Waals surface area contributed by atoms with Crippen LogP contribution in [0.15, 0.2) is 36.5 Å². The number of aromatic amines is 1. The average molecular weight is 296 g/mol. The number of nitrogens with one attached hydrogen (secondary N) is 2. The number of ether oxygens (including phenoxy) is 1. The Morgan fingerprint density at radius 1 is 1.32 bits per heavy atom. The van der Waals surface area contributed by atoms with Crippen molar-refractivity contribution in [2.24, 2.45) is 0 Å². The van der Waals surface area contributed by atoms with Gasteiger partial charge in [-0.15, -0.1) is 0 Å². The minimum atomic E-state index is -0.215. The summed E-state index contributed by atoms with van der Waals surface area (Å²) in [7, 11) is 1.56. The molecule has 0 saturated heterocycles. The van der Waals surface area contributed by atoms with Gasteiger partial charge < -0.3 is 10.1 Å². The molecule has 6 nitrogen and oxygen atoms in total.